The summed E-state index contributed by atoms with van der Waals surface area (Å²) >= 11 is 3.12. The van der Waals surface area contributed by atoms with Crippen LogP contribution in [-0.2, 0) is 9.59 Å². The number of hydrogen-bond donors (Lipinski definition) is 1. The molecule has 1 aliphatic carbocycles. The molecule has 8 heteroatoms. The first-order valence-corrected chi connectivity index (χ1v) is 7.61. The van der Waals surface area contributed by atoms with Crippen LogP contribution in [0.1, 0.15) is 12.8 Å². The molecule has 1 saturated carbocycles. The average Bonchev–Trinajstić information content (AvgIpc) is 3.25. The van der Waals surface area contributed by atoms with Gasteiger partial charge in [-0.2, -0.15) is 0 Å². The second kappa shape index (κ2) is 5.68. The molecule has 1 heterocycles. The van der Waals surface area contributed by atoms with Crippen LogP contribution in [-0.4, -0.2) is 46.8 Å². The highest BCUT2D eigenvalue weighted by atomic mass is 79.9. The van der Waals surface area contributed by atoms with Gasteiger partial charge in [0.15, 0.2) is 0 Å². The minimum atomic E-state index is -0.611. The highest BCUT2D eigenvalue weighted by Crippen LogP contribution is 2.30. The van der Waals surface area contributed by atoms with Crippen LogP contribution in [0.3, 0.4) is 0 Å². The van der Waals surface area contributed by atoms with E-state index in [4.69, 9.17) is 0 Å². The van der Waals surface area contributed by atoms with Gasteiger partial charge in [0, 0.05) is 10.5 Å². The predicted molar refractivity (Wildman–Crippen MR) is 79.6 cm³/mol. The maximum absolute atomic E-state index is 13.7. The zero-order valence-electron chi connectivity index (χ0n) is 11.5. The fourth-order valence-corrected chi connectivity index (χ4v) is 2.65. The lowest BCUT2D eigenvalue weighted by Gasteiger charge is -2.16. The van der Waals surface area contributed by atoms with Gasteiger partial charge in [-0.1, -0.05) is 15.9 Å². The van der Waals surface area contributed by atoms with E-state index < -0.39 is 30.2 Å². The lowest BCUT2D eigenvalue weighted by atomic mass is 10.3. The molecule has 2 fully saturated rings. The van der Waals surface area contributed by atoms with Crippen LogP contribution in [0.5, 0.6) is 0 Å². The van der Waals surface area contributed by atoms with E-state index >= 15 is 0 Å². The monoisotopic (exact) mass is 369 g/mol. The van der Waals surface area contributed by atoms with Gasteiger partial charge in [-0.05, 0) is 31.0 Å². The van der Waals surface area contributed by atoms with Gasteiger partial charge in [-0.3, -0.25) is 14.5 Å². The van der Waals surface area contributed by atoms with Gasteiger partial charge in [0.05, 0.1) is 5.69 Å². The molecule has 22 heavy (non-hydrogen) atoms. The highest BCUT2D eigenvalue weighted by molar-refractivity contribution is 9.10. The Labute approximate surface area is 134 Å². The number of nitrogens with zero attached hydrogens (tertiary/aromatic N) is 2. The van der Waals surface area contributed by atoms with Crippen molar-refractivity contribution >= 4 is 39.5 Å². The van der Waals surface area contributed by atoms with E-state index in [1.54, 1.807) is 6.07 Å². The number of carbonyl (C=O) groups is 3. The fourth-order valence-electron chi connectivity index (χ4n) is 2.31. The summed E-state index contributed by atoms with van der Waals surface area (Å²) in [7, 11) is 0. The molecule has 1 aliphatic heterocycles. The van der Waals surface area contributed by atoms with Crippen molar-refractivity contribution < 1.29 is 18.8 Å². The van der Waals surface area contributed by atoms with E-state index in [9.17, 15) is 18.8 Å². The zero-order chi connectivity index (χ0) is 15.9. The molecule has 0 unspecified atom stereocenters. The van der Waals surface area contributed by atoms with Crippen molar-refractivity contribution in [1.29, 1.82) is 0 Å². The topological polar surface area (TPSA) is 69.7 Å². The fraction of sp³-hybridized carbons (Fsp3) is 0.357. The van der Waals surface area contributed by atoms with E-state index in [0.29, 0.717) is 4.47 Å². The number of anilines is 1. The molecule has 2 aliphatic rings. The second-order valence-electron chi connectivity index (χ2n) is 5.29. The Kier molecular flexibility index (Phi) is 3.86. The van der Waals surface area contributed by atoms with E-state index in [-0.39, 0.29) is 18.3 Å². The normalized spacial score (nSPS) is 18.1. The van der Waals surface area contributed by atoms with Gasteiger partial charge in [-0.25, -0.2) is 9.18 Å². The number of urea groups is 1. The number of benzene rings is 1. The first-order valence-electron chi connectivity index (χ1n) is 6.81. The first kappa shape index (κ1) is 15.0. The first-order chi connectivity index (χ1) is 10.5. The summed E-state index contributed by atoms with van der Waals surface area (Å²) in [6, 6.07) is 3.88. The van der Waals surface area contributed by atoms with Crippen molar-refractivity contribution in [3.8, 4) is 0 Å². The number of carbonyl (C=O) groups excluding carboxylic acids is 3. The molecule has 0 spiro atoms. The lowest BCUT2D eigenvalue weighted by Crippen LogP contribution is -2.39. The third kappa shape index (κ3) is 2.96. The number of nitrogens with one attached hydrogen (secondary N) is 1. The molecule has 116 valence electrons. The third-order valence-electron chi connectivity index (χ3n) is 3.58. The van der Waals surface area contributed by atoms with Crippen LogP contribution in [0.25, 0.3) is 0 Å². The van der Waals surface area contributed by atoms with Gasteiger partial charge < -0.3 is 10.2 Å². The molecule has 6 nitrogen and oxygen atoms in total. The Morgan fingerprint density at radius 3 is 2.73 bits per heavy atom. The summed E-state index contributed by atoms with van der Waals surface area (Å²) in [5, 5.41) is 2.37. The highest BCUT2D eigenvalue weighted by Gasteiger charge is 2.44. The van der Waals surface area contributed by atoms with Crippen molar-refractivity contribution in [3.63, 3.8) is 0 Å². The molecule has 1 saturated heterocycles. The summed E-state index contributed by atoms with van der Waals surface area (Å²) in [4.78, 5) is 38.2. The lowest BCUT2D eigenvalue weighted by molar-refractivity contribution is -0.129. The van der Waals surface area contributed by atoms with Crippen LogP contribution in [0.15, 0.2) is 22.7 Å². The summed E-state index contributed by atoms with van der Waals surface area (Å²) in [5.41, 5.74) is 0.00587. The van der Waals surface area contributed by atoms with Gasteiger partial charge in [0.25, 0.3) is 5.91 Å². The van der Waals surface area contributed by atoms with Crippen LogP contribution in [0, 0.1) is 5.82 Å². The molecular weight excluding hydrogens is 357 g/mol. The molecule has 0 aromatic heterocycles. The summed E-state index contributed by atoms with van der Waals surface area (Å²) in [5.74, 6) is -1.61. The van der Waals surface area contributed by atoms with Crippen LogP contribution >= 0.6 is 15.9 Å². The van der Waals surface area contributed by atoms with E-state index in [2.05, 4.69) is 21.2 Å². The smallest absolute Gasteiger partial charge is 0.322 e. The van der Waals surface area contributed by atoms with E-state index in [0.717, 1.165) is 17.7 Å². The Morgan fingerprint density at radius 2 is 2.09 bits per heavy atom. The number of halogens is 2. The van der Waals surface area contributed by atoms with E-state index in [1.165, 1.54) is 17.0 Å². The van der Waals surface area contributed by atoms with Gasteiger partial charge in [0.1, 0.15) is 18.9 Å². The Hall–Kier alpha value is -1.96. The number of hydrogen-bond acceptors (Lipinski definition) is 3. The number of amides is 4. The summed E-state index contributed by atoms with van der Waals surface area (Å²) in [6.45, 7) is -0.389. The molecule has 4 amide bonds. The number of rotatable bonds is 4. The van der Waals surface area contributed by atoms with Crippen molar-refractivity contribution in [2.45, 2.75) is 18.9 Å². The minimum Gasteiger partial charge on any atom is -0.322 e. The Bertz CT molecular complexity index is 663. The third-order valence-corrected chi connectivity index (χ3v) is 4.07. The van der Waals surface area contributed by atoms with Crippen molar-refractivity contribution in [2.75, 3.05) is 18.4 Å². The van der Waals surface area contributed by atoms with Crippen molar-refractivity contribution in [3.05, 3.63) is 28.5 Å². The molecule has 0 bridgehead atoms. The summed E-state index contributed by atoms with van der Waals surface area (Å²) in [6.07, 6.45) is 1.78. The predicted octanol–water partition coefficient (Wildman–Crippen LogP) is 1.95. The quantitative estimate of drug-likeness (QED) is 0.824. The average molecular weight is 370 g/mol. The second-order valence-corrected chi connectivity index (χ2v) is 6.21. The largest absolute Gasteiger partial charge is 0.327 e. The molecule has 0 atom stereocenters. The molecule has 3 rings (SSSR count). The van der Waals surface area contributed by atoms with Crippen LogP contribution in [0.4, 0.5) is 14.9 Å². The van der Waals surface area contributed by atoms with Crippen molar-refractivity contribution in [2.24, 2.45) is 0 Å². The SMILES string of the molecule is O=C(CN1C(=O)CN(C2CC2)C1=O)Nc1ccc(Br)cc1F. The standard InChI is InChI=1S/C14H13BrFN3O3/c15-8-1-4-11(10(16)5-8)17-12(20)6-19-13(21)7-18(14(19)22)9-2-3-9/h1,4-5,9H,2-3,6-7H2,(H,17,20). The summed E-state index contributed by atoms with van der Waals surface area (Å²) < 4.78 is 14.2. The van der Waals surface area contributed by atoms with E-state index in [1.807, 2.05) is 0 Å². The minimum absolute atomic E-state index is 0.00587. The molecular formula is C14H13BrFN3O3. The van der Waals surface area contributed by atoms with Gasteiger partial charge in [-0.15, -0.1) is 0 Å². The molecule has 0 radical (unpaired) electrons. The number of imide groups is 1. The maximum Gasteiger partial charge on any atom is 0.327 e. The zero-order valence-corrected chi connectivity index (χ0v) is 13.1. The molecule has 1 N–H and O–H groups in total. The van der Waals surface area contributed by atoms with Gasteiger partial charge >= 0.3 is 6.03 Å². The molecule has 1 aromatic carbocycles. The Balaban J connectivity index is 1.64. The van der Waals surface area contributed by atoms with Gasteiger partial charge in [0.2, 0.25) is 5.91 Å². The maximum atomic E-state index is 13.7. The Morgan fingerprint density at radius 1 is 1.36 bits per heavy atom. The van der Waals surface area contributed by atoms with Crippen LogP contribution < -0.4 is 5.32 Å². The molecule has 1 aromatic rings. The van der Waals surface area contributed by atoms with Crippen molar-refractivity contribution in [1.82, 2.24) is 9.80 Å². The van der Waals surface area contributed by atoms with Crippen LogP contribution in [0.2, 0.25) is 0 Å².